The van der Waals surface area contributed by atoms with E-state index in [2.05, 4.69) is 37.2 Å². The average molecular weight is 345 g/mol. The molecule has 0 saturated carbocycles. The third kappa shape index (κ3) is 273. The Labute approximate surface area is 79.0 Å². The highest BCUT2D eigenvalue weighted by Crippen LogP contribution is 1.89. The fraction of sp³-hybridized carbons (Fsp3) is 0.800. The summed E-state index contributed by atoms with van der Waals surface area (Å²) < 4.78 is 12.0. The van der Waals surface area contributed by atoms with E-state index >= 15 is 0 Å². The Balaban J connectivity index is -0.0000000273. The van der Waals surface area contributed by atoms with Crippen molar-refractivity contribution in [3.8, 4) is 6.55 Å². The number of halogens is 2. The second kappa shape index (κ2) is 101. The zero-order valence-electron chi connectivity index (χ0n) is 6.12. The van der Waals surface area contributed by atoms with E-state index in [4.69, 9.17) is 8.00 Å². The highest BCUT2D eigenvalue weighted by molar-refractivity contribution is 15.0. The maximum absolute atomic E-state index is 6.99. The molecule has 1 nitrogen and oxygen atoms in total. The molecular formula is C5H13I2N. The summed E-state index contributed by atoms with van der Waals surface area (Å²) >= 11 is 4.24. The molecule has 0 bridgehead atoms. The molecule has 0 heterocycles. The molecule has 0 aliphatic heterocycles. The van der Waals surface area contributed by atoms with E-state index in [-0.39, 0.29) is 7.43 Å². The third-order valence-corrected chi connectivity index (χ3v) is 0. The summed E-state index contributed by atoms with van der Waals surface area (Å²) in [4.78, 5) is 0. The first-order chi connectivity index (χ1) is 4.33. The summed E-state index contributed by atoms with van der Waals surface area (Å²) in [6.07, 6.45) is 0.986. The summed E-state index contributed by atoms with van der Waals surface area (Å²) in [6, 6.07) is 0. The van der Waals surface area contributed by atoms with E-state index in [1.807, 2.05) is 6.92 Å². The molecule has 0 unspecified atom stereocenters. The molecule has 0 atom stereocenters. The molecule has 3 heteroatoms. The first-order valence-electron chi connectivity index (χ1n) is 2.78. The average Bonchev–Trinajstić information content (AvgIpc) is 1.94. The van der Waals surface area contributed by atoms with Crippen LogP contribution in [-0.2, 0) is 0 Å². The van der Waals surface area contributed by atoms with E-state index in [0.717, 1.165) is 13.0 Å². The Hall–Kier alpha value is 0.950. The van der Waals surface area contributed by atoms with Gasteiger partial charge in [0.15, 0.2) is 1.37 Å². The molecule has 0 spiro atoms. The van der Waals surface area contributed by atoms with E-state index < -0.39 is 0 Å². The fourth-order valence-corrected chi connectivity index (χ4v) is 0. The molecule has 0 aliphatic rings. The van der Waals surface area contributed by atoms with Crippen LogP contribution in [0, 0.1) is 11.8 Å². The predicted molar refractivity (Wildman–Crippen MR) is 57.4 cm³/mol. The summed E-state index contributed by atoms with van der Waals surface area (Å²) in [7, 11) is 0. The van der Waals surface area contributed by atoms with Crippen molar-refractivity contribution in [2.75, 3.05) is 0 Å². The molecule has 0 amide bonds. The molecule has 0 aliphatic carbocycles. The van der Waals surface area contributed by atoms with Gasteiger partial charge in [-0.15, -0.1) is 0 Å². The van der Waals surface area contributed by atoms with Crippen molar-refractivity contribution in [3.05, 3.63) is 0 Å². The lowest BCUT2D eigenvalue weighted by Gasteiger charge is -1.48. The van der Waals surface area contributed by atoms with E-state index in [0.29, 0.717) is 6.90 Å². The van der Waals surface area contributed by atoms with Gasteiger partial charge in [0.1, 0.15) is 0 Å². The Bertz CT molecular complexity index is 54.1. The van der Waals surface area contributed by atoms with Crippen LogP contribution < -0.4 is 0 Å². The standard InChI is InChI=1S/C3H8.CHN.CH4.I2/c1-3-2;1-2;;1-2/h3H2,1-2H3;1H;1H4;/i2*1T;;. The van der Waals surface area contributed by atoms with Gasteiger partial charge in [-0.3, -0.25) is 0 Å². The van der Waals surface area contributed by atoms with Crippen LogP contribution in [0.3, 0.4) is 0 Å². The highest BCUT2D eigenvalue weighted by Gasteiger charge is 1.35. The Kier molecular flexibility index (Phi) is 148. The zero-order chi connectivity index (χ0) is 8.12. The minimum absolute atomic E-state index is 0. The molecule has 0 N–H and O–H groups in total. The first kappa shape index (κ1) is 11.7. The van der Waals surface area contributed by atoms with Gasteiger partial charge >= 0.3 is 0 Å². The Morgan fingerprint density at radius 3 is 2.00 bits per heavy atom. The van der Waals surface area contributed by atoms with Gasteiger partial charge in [-0.25, -0.2) is 5.26 Å². The van der Waals surface area contributed by atoms with Gasteiger partial charge in [0, 0.05) is 45.2 Å². The maximum Gasteiger partial charge on any atom is 0.156 e. The van der Waals surface area contributed by atoms with Crippen LogP contribution in [-0.4, -0.2) is 0 Å². The number of hydrogen-bond acceptors (Lipinski definition) is 1. The topological polar surface area (TPSA) is 23.8 Å². The van der Waals surface area contributed by atoms with Crippen LogP contribution in [0.25, 0.3) is 0 Å². The van der Waals surface area contributed by atoms with E-state index in [1.54, 1.807) is 0 Å². The van der Waals surface area contributed by atoms with Gasteiger partial charge in [-0.05, 0) is 0 Å². The highest BCUT2D eigenvalue weighted by atomic mass is 128. The Morgan fingerprint density at radius 1 is 1.88 bits per heavy atom. The summed E-state index contributed by atoms with van der Waals surface area (Å²) in [5, 5.41) is 6.99. The summed E-state index contributed by atoms with van der Waals surface area (Å²) in [5.74, 6) is 0. The van der Waals surface area contributed by atoms with Gasteiger partial charge in [0.25, 0.3) is 0 Å². The number of rotatable bonds is 0. The quantitative estimate of drug-likeness (QED) is 0.610. The van der Waals surface area contributed by atoms with Gasteiger partial charge in [-0.2, -0.15) is 0 Å². The molecule has 0 fully saturated rings. The van der Waals surface area contributed by atoms with Crippen molar-refractivity contribution in [3.63, 3.8) is 0 Å². The number of nitrogens with zero attached hydrogens (tertiary/aromatic N) is 1. The summed E-state index contributed by atoms with van der Waals surface area (Å²) in [6.45, 7) is 3.56. The van der Waals surface area contributed by atoms with Crippen LogP contribution in [0.15, 0.2) is 0 Å². The van der Waals surface area contributed by atoms with Gasteiger partial charge in [0.05, 0.1) is 0 Å². The van der Waals surface area contributed by atoms with Gasteiger partial charge in [0.2, 0.25) is 0 Å². The largest absolute Gasteiger partial charge is 0.202 e. The van der Waals surface area contributed by atoms with Crippen LogP contribution in [0.5, 0.6) is 0 Å². The second-order valence-electron chi connectivity index (χ2n) is 0.500. The Morgan fingerprint density at radius 2 is 2.00 bits per heavy atom. The van der Waals surface area contributed by atoms with Crippen LogP contribution in [0.2, 0.25) is 0 Å². The lowest BCUT2D eigenvalue weighted by Crippen LogP contribution is -1.27. The number of hydrogen-bond donors (Lipinski definition) is 0. The van der Waals surface area contributed by atoms with Gasteiger partial charge in [-0.1, -0.05) is 27.7 Å². The first-order valence-corrected chi connectivity index (χ1v) is 7.86. The molecule has 52 valence electrons. The maximum atomic E-state index is 6.99. The molecular weight excluding hydrogens is 328 g/mol. The predicted octanol–water partition coefficient (Wildman–Crippen LogP) is 3.96. The van der Waals surface area contributed by atoms with Crippen molar-refractivity contribution in [1.29, 1.82) is 5.26 Å². The summed E-state index contributed by atoms with van der Waals surface area (Å²) in [5.41, 5.74) is 0. The lowest BCUT2D eigenvalue weighted by molar-refractivity contribution is 1.09. The zero-order valence-corrected chi connectivity index (χ0v) is 8.43. The minimum atomic E-state index is 0. The second-order valence-corrected chi connectivity index (χ2v) is 0.500. The van der Waals surface area contributed by atoms with E-state index in [9.17, 15) is 0 Å². The van der Waals surface area contributed by atoms with Crippen LogP contribution in [0.4, 0.5) is 0 Å². The molecule has 0 saturated heterocycles. The molecule has 8 heavy (non-hydrogen) atoms. The van der Waals surface area contributed by atoms with Crippen molar-refractivity contribution < 1.29 is 2.74 Å². The van der Waals surface area contributed by atoms with Gasteiger partial charge < -0.3 is 0 Å². The SMILES string of the molecule is C.II.[3H]C#N.[3H]CCC. The minimum Gasteiger partial charge on any atom is -0.202 e. The van der Waals surface area contributed by atoms with Crippen LogP contribution in [0.1, 0.15) is 30.4 Å². The van der Waals surface area contributed by atoms with Crippen molar-refractivity contribution in [1.82, 2.24) is 0 Å². The van der Waals surface area contributed by atoms with Crippen molar-refractivity contribution in [2.45, 2.75) is 27.7 Å². The molecule has 0 aromatic rings. The fourth-order valence-electron chi connectivity index (χ4n) is 0. The van der Waals surface area contributed by atoms with Crippen molar-refractivity contribution >= 4 is 37.2 Å². The van der Waals surface area contributed by atoms with E-state index in [1.165, 1.54) is 0 Å². The molecule has 0 rings (SSSR count). The van der Waals surface area contributed by atoms with Crippen LogP contribution >= 0.6 is 37.2 Å². The smallest absolute Gasteiger partial charge is 0.156 e. The lowest BCUT2D eigenvalue weighted by atomic mass is 10.6. The number of nitriles is 1. The monoisotopic (exact) mass is 345 g/mol. The third-order valence-electron chi connectivity index (χ3n) is 0. The molecule has 0 aromatic heterocycles. The van der Waals surface area contributed by atoms with Crippen molar-refractivity contribution in [2.24, 2.45) is 0 Å². The molecule has 0 aromatic carbocycles. The normalized spacial score (nSPS) is 5.75. The molecule has 0 radical (unpaired) electrons.